The summed E-state index contributed by atoms with van der Waals surface area (Å²) in [5.41, 5.74) is 5.11. The minimum absolute atomic E-state index is 0.148. The SMILES string of the molecule is O=C(CNc1ccccc1)N/N=C/C1=Cc2cc(Cl)ccc2OC1. The van der Waals surface area contributed by atoms with Crippen LogP contribution in [-0.2, 0) is 4.79 Å². The number of ether oxygens (including phenoxy) is 1. The van der Waals surface area contributed by atoms with Crippen molar-refractivity contribution in [2.45, 2.75) is 0 Å². The quantitative estimate of drug-likeness (QED) is 0.647. The molecule has 24 heavy (non-hydrogen) atoms. The van der Waals surface area contributed by atoms with Gasteiger partial charge in [0.15, 0.2) is 0 Å². The van der Waals surface area contributed by atoms with Crippen molar-refractivity contribution in [2.24, 2.45) is 5.10 Å². The normalized spacial score (nSPS) is 13.0. The molecule has 3 rings (SSSR count). The lowest BCUT2D eigenvalue weighted by atomic mass is 10.1. The molecular weight excluding hydrogens is 326 g/mol. The van der Waals surface area contributed by atoms with E-state index in [4.69, 9.17) is 16.3 Å². The van der Waals surface area contributed by atoms with Gasteiger partial charge < -0.3 is 10.1 Å². The molecule has 0 atom stereocenters. The molecule has 0 bridgehead atoms. The highest BCUT2D eigenvalue weighted by Gasteiger charge is 2.10. The molecule has 2 N–H and O–H groups in total. The number of para-hydroxylation sites is 1. The zero-order valence-corrected chi connectivity index (χ0v) is 13.6. The number of anilines is 1. The molecule has 0 aromatic heterocycles. The summed E-state index contributed by atoms with van der Waals surface area (Å²) in [6.45, 7) is 0.547. The van der Waals surface area contributed by atoms with Crippen LogP contribution in [0.5, 0.6) is 5.75 Å². The molecule has 2 aromatic rings. The predicted octanol–water partition coefficient (Wildman–Crippen LogP) is 3.33. The third-order valence-corrected chi connectivity index (χ3v) is 3.59. The van der Waals surface area contributed by atoms with E-state index in [2.05, 4.69) is 15.8 Å². The smallest absolute Gasteiger partial charge is 0.259 e. The van der Waals surface area contributed by atoms with Gasteiger partial charge in [-0.3, -0.25) is 4.79 Å². The van der Waals surface area contributed by atoms with Crippen LogP contribution in [0.2, 0.25) is 5.02 Å². The molecule has 1 aliphatic heterocycles. The van der Waals surface area contributed by atoms with Crippen LogP contribution < -0.4 is 15.5 Å². The van der Waals surface area contributed by atoms with E-state index >= 15 is 0 Å². The summed E-state index contributed by atoms with van der Waals surface area (Å²) in [7, 11) is 0. The summed E-state index contributed by atoms with van der Waals surface area (Å²) in [5.74, 6) is 0.559. The third kappa shape index (κ3) is 4.36. The Balaban J connectivity index is 1.52. The van der Waals surface area contributed by atoms with Crippen LogP contribution in [-0.4, -0.2) is 25.3 Å². The molecule has 1 aliphatic rings. The van der Waals surface area contributed by atoms with Crippen molar-refractivity contribution in [3.05, 3.63) is 64.7 Å². The highest BCUT2D eigenvalue weighted by atomic mass is 35.5. The Bertz CT molecular complexity index is 788. The third-order valence-electron chi connectivity index (χ3n) is 3.35. The zero-order chi connectivity index (χ0) is 16.8. The summed E-state index contributed by atoms with van der Waals surface area (Å²) in [6, 6.07) is 14.9. The average Bonchev–Trinajstić information content (AvgIpc) is 2.60. The number of fused-ring (bicyclic) bond motifs is 1. The van der Waals surface area contributed by atoms with Crippen LogP contribution >= 0.6 is 11.6 Å². The van der Waals surface area contributed by atoms with E-state index in [-0.39, 0.29) is 12.5 Å². The Morgan fingerprint density at radius 1 is 1.25 bits per heavy atom. The van der Waals surface area contributed by atoms with E-state index in [0.29, 0.717) is 11.6 Å². The van der Waals surface area contributed by atoms with Crippen molar-refractivity contribution in [1.82, 2.24) is 5.43 Å². The van der Waals surface area contributed by atoms with E-state index in [1.807, 2.05) is 48.5 Å². The van der Waals surface area contributed by atoms with Crippen molar-refractivity contribution < 1.29 is 9.53 Å². The van der Waals surface area contributed by atoms with Crippen LogP contribution in [0, 0.1) is 0 Å². The van der Waals surface area contributed by atoms with Crippen molar-refractivity contribution in [3.63, 3.8) is 0 Å². The van der Waals surface area contributed by atoms with Crippen molar-refractivity contribution in [3.8, 4) is 5.75 Å². The maximum absolute atomic E-state index is 11.7. The fourth-order valence-corrected chi connectivity index (χ4v) is 2.39. The molecular formula is C18H16ClN3O2. The Kier molecular flexibility index (Phi) is 5.13. The van der Waals surface area contributed by atoms with Crippen LogP contribution in [0.4, 0.5) is 5.69 Å². The van der Waals surface area contributed by atoms with Gasteiger partial charge in [-0.15, -0.1) is 0 Å². The first-order valence-corrected chi connectivity index (χ1v) is 7.82. The van der Waals surface area contributed by atoms with Gasteiger partial charge in [0.2, 0.25) is 0 Å². The summed E-state index contributed by atoms with van der Waals surface area (Å²) in [6.07, 6.45) is 3.51. The monoisotopic (exact) mass is 341 g/mol. The summed E-state index contributed by atoms with van der Waals surface area (Å²) in [4.78, 5) is 11.7. The number of carbonyl (C=O) groups excluding carboxylic acids is 1. The second kappa shape index (κ2) is 7.66. The second-order valence-corrected chi connectivity index (χ2v) is 5.64. The van der Waals surface area contributed by atoms with Crippen molar-refractivity contribution in [1.29, 1.82) is 0 Å². The number of benzene rings is 2. The minimum atomic E-state index is -0.226. The molecule has 0 unspecified atom stereocenters. The number of hydrogen-bond donors (Lipinski definition) is 2. The van der Waals surface area contributed by atoms with Gasteiger partial charge in [0.1, 0.15) is 12.4 Å². The highest BCUT2D eigenvalue weighted by Crippen LogP contribution is 2.28. The van der Waals surface area contributed by atoms with Crippen LogP contribution in [0.15, 0.2) is 59.2 Å². The van der Waals surface area contributed by atoms with Gasteiger partial charge in [-0.2, -0.15) is 5.10 Å². The number of nitrogens with one attached hydrogen (secondary N) is 2. The fraction of sp³-hybridized carbons (Fsp3) is 0.111. The number of halogens is 1. The molecule has 0 radical (unpaired) electrons. The van der Waals surface area contributed by atoms with E-state index in [1.165, 1.54) is 0 Å². The van der Waals surface area contributed by atoms with Crippen LogP contribution in [0.3, 0.4) is 0 Å². The molecule has 5 nitrogen and oxygen atoms in total. The Hall–Kier alpha value is -2.79. The molecule has 0 spiro atoms. The Morgan fingerprint density at radius 2 is 2.08 bits per heavy atom. The molecule has 1 amide bonds. The molecule has 2 aromatic carbocycles. The van der Waals surface area contributed by atoms with Gasteiger partial charge in [0.25, 0.3) is 5.91 Å². The van der Waals surface area contributed by atoms with Gasteiger partial charge in [0.05, 0.1) is 12.8 Å². The Labute approximate surface area is 145 Å². The first-order valence-electron chi connectivity index (χ1n) is 7.44. The molecule has 1 heterocycles. The van der Waals surface area contributed by atoms with Gasteiger partial charge >= 0.3 is 0 Å². The first-order chi connectivity index (χ1) is 11.7. The lowest BCUT2D eigenvalue weighted by Crippen LogP contribution is -2.26. The van der Waals surface area contributed by atoms with Crippen LogP contribution in [0.1, 0.15) is 5.56 Å². The lowest BCUT2D eigenvalue weighted by molar-refractivity contribution is -0.119. The predicted molar refractivity (Wildman–Crippen MR) is 96.5 cm³/mol. The van der Waals surface area contributed by atoms with Crippen LogP contribution in [0.25, 0.3) is 6.08 Å². The van der Waals surface area contributed by atoms with E-state index < -0.39 is 0 Å². The van der Waals surface area contributed by atoms with Gasteiger partial charge in [-0.25, -0.2) is 5.43 Å². The number of amides is 1. The number of carbonyl (C=O) groups is 1. The van der Waals surface area contributed by atoms with E-state index in [9.17, 15) is 4.79 Å². The van der Waals surface area contributed by atoms with Gasteiger partial charge in [-0.1, -0.05) is 29.8 Å². The molecule has 0 fully saturated rings. The number of nitrogens with zero attached hydrogens (tertiary/aromatic N) is 1. The topological polar surface area (TPSA) is 62.7 Å². The summed E-state index contributed by atoms with van der Waals surface area (Å²) < 4.78 is 5.61. The number of hydrazone groups is 1. The maximum atomic E-state index is 11.7. The molecule has 0 saturated heterocycles. The zero-order valence-electron chi connectivity index (χ0n) is 12.8. The van der Waals surface area contributed by atoms with E-state index in [1.54, 1.807) is 12.3 Å². The highest BCUT2D eigenvalue weighted by molar-refractivity contribution is 6.30. The standard InChI is InChI=1S/C18H16ClN3O2/c19-15-6-7-17-14(9-15)8-13(12-24-17)10-21-22-18(23)11-20-16-4-2-1-3-5-16/h1-10,20H,11-12H2,(H,22,23)/b21-10+. The summed E-state index contributed by atoms with van der Waals surface area (Å²) in [5, 5.41) is 7.61. The molecule has 0 aliphatic carbocycles. The fourth-order valence-electron chi connectivity index (χ4n) is 2.21. The Morgan fingerprint density at radius 3 is 2.92 bits per heavy atom. The number of hydrogen-bond acceptors (Lipinski definition) is 4. The number of rotatable bonds is 5. The largest absolute Gasteiger partial charge is 0.488 e. The summed E-state index contributed by atoms with van der Waals surface area (Å²) >= 11 is 5.97. The van der Waals surface area contributed by atoms with Crippen molar-refractivity contribution >= 4 is 35.5 Å². The molecule has 6 heteroatoms. The first kappa shape index (κ1) is 16.1. The van der Waals surface area contributed by atoms with Gasteiger partial charge in [-0.05, 0) is 36.4 Å². The van der Waals surface area contributed by atoms with Gasteiger partial charge in [0, 0.05) is 21.8 Å². The van der Waals surface area contributed by atoms with Crippen molar-refractivity contribution in [2.75, 3.05) is 18.5 Å². The lowest BCUT2D eigenvalue weighted by Gasteiger charge is -2.15. The minimum Gasteiger partial charge on any atom is -0.488 e. The maximum Gasteiger partial charge on any atom is 0.259 e. The molecule has 0 saturated carbocycles. The average molecular weight is 342 g/mol. The second-order valence-electron chi connectivity index (χ2n) is 5.20. The van der Waals surface area contributed by atoms with E-state index in [0.717, 1.165) is 22.6 Å². The molecule has 122 valence electrons.